The van der Waals surface area contributed by atoms with Crippen LogP contribution in [0.1, 0.15) is 65.2 Å². The molecule has 84 valence electrons. The molecule has 1 fully saturated rings. The first kappa shape index (κ1) is 12.0. The van der Waals surface area contributed by atoms with Crippen molar-refractivity contribution >= 4 is 0 Å². The van der Waals surface area contributed by atoms with Crippen molar-refractivity contribution in [2.75, 3.05) is 13.1 Å². The van der Waals surface area contributed by atoms with Crippen molar-refractivity contribution in [1.82, 2.24) is 5.32 Å². The molecule has 0 amide bonds. The van der Waals surface area contributed by atoms with Gasteiger partial charge in [0.15, 0.2) is 0 Å². The average Bonchev–Trinajstić information content (AvgIpc) is 2.18. The molecule has 0 unspecified atom stereocenters. The van der Waals surface area contributed by atoms with Gasteiger partial charge in [0, 0.05) is 0 Å². The second-order valence-corrected chi connectivity index (χ2v) is 5.22. The molecule has 0 aromatic heterocycles. The summed E-state index contributed by atoms with van der Waals surface area (Å²) in [5, 5.41) is 3.56. The second kappa shape index (κ2) is 6.44. The van der Waals surface area contributed by atoms with Crippen LogP contribution in [-0.4, -0.2) is 13.1 Å². The summed E-state index contributed by atoms with van der Waals surface area (Å²) < 4.78 is 0. The summed E-state index contributed by atoms with van der Waals surface area (Å²) in [6, 6.07) is 0. The molecular formula is C13H27N. The lowest BCUT2D eigenvalue weighted by Gasteiger charge is -2.33. The van der Waals surface area contributed by atoms with Crippen molar-refractivity contribution in [3.05, 3.63) is 0 Å². The molecule has 14 heavy (non-hydrogen) atoms. The monoisotopic (exact) mass is 197 g/mol. The predicted octanol–water partition coefficient (Wildman–Crippen LogP) is 3.74. The first-order valence-electron chi connectivity index (χ1n) is 6.47. The van der Waals surface area contributed by atoms with Crippen LogP contribution < -0.4 is 5.32 Å². The Morgan fingerprint density at radius 2 is 1.79 bits per heavy atom. The summed E-state index contributed by atoms with van der Waals surface area (Å²) in [6.45, 7) is 7.18. The third-order valence-corrected chi connectivity index (χ3v) is 3.67. The van der Waals surface area contributed by atoms with Gasteiger partial charge in [-0.05, 0) is 44.2 Å². The molecule has 1 rings (SSSR count). The Hall–Kier alpha value is -0.0400. The Balaban J connectivity index is 2.03. The maximum Gasteiger partial charge on any atom is -0.00437 e. The smallest absolute Gasteiger partial charge is 0.00437 e. The first-order chi connectivity index (χ1) is 6.77. The lowest BCUT2D eigenvalue weighted by Crippen LogP contribution is -2.27. The van der Waals surface area contributed by atoms with E-state index in [4.69, 9.17) is 0 Å². The minimum atomic E-state index is 0.664. The van der Waals surface area contributed by atoms with Gasteiger partial charge < -0.3 is 5.32 Å². The van der Waals surface area contributed by atoms with Crippen LogP contribution in [0, 0.1) is 5.41 Å². The largest absolute Gasteiger partial charge is 0.317 e. The highest BCUT2D eigenvalue weighted by Crippen LogP contribution is 2.38. The van der Waals surface area contributed by atoms with Crippen molar-refractivity contribution in [3.8, 4) is 0 Å². The van der Waals surface area contributed by atoms with Gasteiger partial charge >= 0.3 is 0 Å². The van der Waals surface area contributed by atoms with Gasteiger partial charge in [-0.3, -0.25) is 0 Å². The van der Waals surface area contributed by atoms with Crippen LogP contribution in [-0.2, 0) is 0 Å². The number of rotatable bonds is 6. The summed E-state index contributed by atoms with van der Waals surface area (Å²) in [5.41, 5.74) is 0.664. The Bertz CT molecular complexity index is 136. The fourth-order valence-corrected chi connectivity index (χ4v) is 2.47. The molecule has 1 heteroatoms. The van der Waals surface area contributed by atoms with Crippen molar-refractivity contribution in [3.63, 3.8) is 0 Å². The highest BCUT2D eigenvalue weighted by molar-refractivity contribution is 4.78. The minimum absolute atomic E-state index is 0.664. The van der Waals surface area contributed by atoms with Gasteiger partial charge in [-0.2, -0.15) is 0 Å². The Labute approximate surface area is 89.7 Å². The normalized spacial score (nSPS) is 21.0. The molecule has 0 aliphatic heterocycles. The molecule has 0 spiro atoms. The van der Waals surface area contributed by atoms with E-state index >= 15 is 0 Å². The Morgan fingerprint density at radius 1 is 1.07 bits per heavy atom. The lowest BCUT2D eigenvalue weighted by atomic mass is 9.73. The molecule has 0 saturated heterocycles. The maximum absolute atomic E-state index is 3.56. The molecule has 1 N–H and O–H groups in total. The maximum atomic E-state index is 3.56. The zero-order valence-corrected chi connectivity index (χ0v) is 10.1. The zero-order chi connectivity index (χ0) is 10.3. The Morgan fingerprint density at radius 3 is 2.43 bits per heavy atom. The topological polar surface area (TPSA) is 12.0 Å². The van der Waals surface area contributed by atoms with Gasteiger partial charge in [0.2, 0.25) is 0 Å². The molecule has 1 saturated carbocycles. The number of nitrogens with one attached hydrogen (secondary N) is 1. The van der Waals surface area contributed by atoms with Crippen LogP contribution in [0.2, 0.25) is 0 Å². The molecule has 1 aliphatic rings. The molecule has 0 aromatic rings. The van der Waals surface area contributed by atoms with E-state index in [1.54, 1.807) is 0 Å². The van der Waals surface area contributed by atoms with Gasteiger partial charge in [0.05, 0.1) is 0 Å². The van der Waals surface area contributed by atoms with Crippen LogP contribution in [0.15, 0.2) is 0 Å². The lowest BCUT2D eigenvalue weighted by molar-refractivity contribution is 0.197. The van der Waals surface area contributed by atoms with Crippen LogP contribution in [0.25, 0.3) is 0 Å². The van der Waals surface area contributed by atoms with E-state index in [1.807, 2.05) is 0 Å². The standard InChI is InChI=1S/C13H27N/c1-3-4-11-14-12-10-13(2)8-6-5-7-9-13/h14H,3-12H2,1-2H3. The predicted molar refractivity (Wildman–Crippen MR) is 63.6 cm³/mol. The molecule has 0 aromatic carbocycles. The van der Waals surface area contributed by atoms with Gasteiger partial charge in [-0.15, -0.1) is 0 Å². The van der Waals surface area contributed by atoms with Crippen molar-refractivity contribution in [1.29, 1.82) is 0 Å². The van der Waals surface area contributed by atoms with Gasteiger partial charge in [-0.1, -0.05) is 39.5 Å². The molecular weight excluding hydrogens is 170 g/mol. The SMILES string of the molecule is CCCCNCCC1(C)CCCCC1. The average molecular weight is 197 g/mol. The third kappa shape index (κ3) is 4.45. The molecule has 1 nitrogen and oxygen atoms in total. The Kier molecular flexibility index (Phi) is 5.54. The van der Waals surface area contributed by atoms with E-state index < -0.39 is 0 Å². The summed E-state index contributed by atoms with van der Waals surface area (Å²) in [4.78, 5) is 0. The fraction of sp³-hybridized carbons (Fsp3) is 1.00. The zero-order valence-electron chi connectivity index (χ0n) is 10.1. The van der Waals surface area contributed by atoms with Crippen LogP contribution in [0.5, 0.6) is 0 Å². The third-order valence-electron chi connectivity index (χ3n) is 3.67. The van der Waals surface area contributed by atoms with Crippen molar-refractivity contribution in [2.24, 2.45) is 5.41 Å². The fourth-order valence-electron chi connectivity index (χ4n) is 2.47. The highest BCUT2D eigenvalue weighted by Gasteiger charge is 2.25. The van der Waals surface area contributed by atoms with Crippen LogP contribution in [0.4, 0.5) is 0 Å². The van der Waals surface area contributed by atoms with Gasteiger partial charge in [-0.25, -0.2) is 0 Å². The van der Waals surface area contributed by atoms with Gasteiger partial charge in [0.25, 0.3) is 0 Å². The van der Waals surface area contributed by atoms with Crippen molar-refractivity contribution in [2.45, 2.75) is 65.2 Å². The van der Waals surface area contributed by atoms with E-state index in [9.17, 15) is 0 Å². The molecule has 1 aliphatic carbocycles. The molecule has 0 bridgehead atoms. The molecule has 0 radical (unpaired) electrons. The quantitative estimate of drug-likeness (QED) is 0.640. The van der Waals surface area contributed by atoms with E-state index in [2.05, 4.69) is 19.2 Å². The summed E-state index contributed by atoms with van der Waals surface area (Å²) in [5.74, 6) is 0. The number of unbranched alkanes of at least 4 members (excludes halogenated alkanes) is 1. The van der Waals surface area contributed by atoms with E-state index in [0.29, 0.717) is 5.41 Å². The second-order valence-electron chi connectivity index (χ2n) is 5.22. The van der Waals surface area contributed by atoms with E-state index in [1.165, 1.54) is 64.5 Å². The summed E-state index contributed by atoms with van der Waals surface area (Å²) >= 11 is 0. The summed E-state index contributed by atoms with van der Waals surface area (Å²) in [7, 11) is 0. The summed E-state index contributed by atoms with van der Waals surface area (Å²) in [6.07, 6.45) is 11.3. The minimum Gasteiger partial charge on any atom is -0.317 e. The van der Waals surface area contributed by atoms with E-state index in [0.717, 1.165) is 0 Å². The van der Waals surface area contributed by atoms with Gasteiger partial charge in [0.1, 0.15) is 0 Å². The number of hydrogen-bond acceptors (Lipinski definition) is 1. The molecule has 0 atom stereocenters. The molecule has 0 heterocycles. The van der Waals surface area contributed by atoms with E-state index in [-0.39, 0.29) is 0 Å². The van der Waals surface area contributed by atoms with Crippen LogP contribution in [0.3, 0.4) is 0 Å². The first-order valence-corrected chi connectivity index (χ1v) is 6.47. The van der Waals surface area contributed by atoms with Crippen molar-refractivity contribution < 1.29 is 0 Å². The highest BCUT2D eigenvalue weighted by atomic mass is 14.8. The van der Waals surface area contributed by atoms with Crippen LogP contribution >= 0.6 is 0 Å². The number of hydrogen-bond donors (Lipinski definition) is 1.